The highest BCUT2D eigenvalue weighted by atomic mass is 32.2. The molecule has 0 aliphatic carbocycles. The molecule has 2 aromatic rings. The fraction of sp³-hybridized carbons (Fsp3) is 0.333. The normalized spacial score (nSPS) is 15.8. The molecule has 5 nitrogen and oxygen atoms in total. The summed E-state index contributed by atoms with van der Waals surface area (Å²) in [6, 6.07) is 12.7. The minimum atomic E-state index is -3.38. The SMILES string of the molecule is COc1ccc(C=Cc2ccc(S(=O)(=O)N3CCCCC3)cc2)cc1OC. The van der Waals surface area contributed by atoms with E-state index in [0.717, 1.165) is 30.4 Å². The first-order valence-corrected chi connectivity index (χ1v) is 10.5. The summed E-state index contributed by atoms with van der Waals surface area (Å²) >= 11 is 0. The Balaban J connectivity index is 1.75. The van der Waals surface area contributed by atoms with Gasteiger partial charge in [0.1, 0.15) is 0 Å². The first-order valence-electron chi connectivity index (χ1n) is 9.05. The minimum absolute atomic E-state index is 0.354. The van der Waals surface area contributed by atoms with Crippen molar-refractivity contribution in [1.29, 1.82) is 0 Å². The predicted octanol–water partition coefficient (Wildman–Crippen LogP) is 4.05. The molecule has 0 bridgehead atoms. The van der Waals surface area contributed by atoms with E-state index in [0.29, 0.717) is 29.5 Å². The van der Waals surface area contributed by atoms with Crippen molar-refractivity contribution in [2.24, 2.45) is 0 Å². The average molecular weight is 388 g/mol. The molecule has 0 radical (unpaired) electrons. The maximum absolute atomic E-state index is 12.7. The Morgan fingerprint density at radius 2 is 1.41 bits per heavy atom. The molecular weight excluding hydrogens is 362 g/mol. The van der Waals surface area contributed by atoms with Gasteiger partial charge in [-0.1, -0.05) is 36.8 Å². The first-order chi connectivity index (χ1) is 13.0. The molecule has 1 aliphatic rings. The zero-order chi connectivity index (χ0) is 19.3. The van der Waals surface area contributed by atoms with Crippen molar-refractivity contribution in [3.63, 3.8) is 0 Å². The quantitative estimate of drug-likeness (QED) is 0.702. The zero-order valence-corrected chi connectivity index (χ0v) is 16.5. The standard InChI is InChI=1S/C21H25NO4S/c1-25-20-13-10-18(16-21(20)26-2)7-6-17-8-11-19(12-9-17)27(23,24)22-14-4-3-5-15-22/h6-13,16H,3-5,14-15H2,1-2H3. The lowest BCUT2D eigenvalue weighted by Crippen LogP contribution is -2.35. The highest BCUT2D eigenvalue weighted by Crippen LogP contribution is 2.28. The molecule has 27 heavy (non-hydrogen) atoms. The van der Waals surface area contributed by atoms with Gasteiger partial charge in [0, 0.05) is 13.1 Å². The van der Waals surface area contributed by atoms with Gasteiger partial charge in [0.15, 0.2) is 11.5 Å². The second kappa shape index (κ2) is 8.59. The average Bonchev–Trinajstić information content (AvgIpc) is 2.73. The molecule has 0 aromatic heterocycles. The molecule has 3 rings (SSSR count). The number of ether oxygens (including phenoxy) is 2. The van der Waals surface area contributed by atoms with Gasteiger partial charge in [0.05, 0.1) is 19.1 Å². The second-order valence-corrected chi connectivity index (χ2v) is 8.42. The maximum atomic E-state index is 12.7. The van der Waals surface area contributed by atoms with E-state index >= 15 is 0 Å². The molecule has 6 heteroatoms. The van der Waals surface area contributed by atoms with Crippen molar-refractivity contribution < 1.29 is 17.9 Å². The van der Waals surface area contributed by atoms with E-state index in [1.54, 1.807) is 30.7 Å². The van der Waals surface area contributed by atoms with E-state index in [1.165, 1.54) is 0 Å². The van der Waals surface area contributed by atoms with Gasteiger partial charge in [-0.05, 0) is 48.2 Å². The fourth-order valence-corrected chi connectivity index (χ4v) is 4.67. The van der Waals surface area contributed by atoms with Gasteiger partial charge < -0.3 is 9.47 Å². The third-order valence-electron chi connectivity index (χ3n) is 4.71. The lowest BCUT2D eigenvalue weighted by atomic mass is 10.1. The van der Waals surface area contributed by atoms with E-state index in [-0.39, 0.29) is 0 Å². The Morgan fingerprint density at radius 3 is 2.04 bits per heavy atom. The van der Waals surface area contributed by atoms with Gasteiger partial charge in [-0.3, -0.25) is 0 Å². The summed E-state index contributed by atoms with van der Waals surface area (Å²) in [5.41, 5.74) is 1.90. The highest BCUT2D eigenvalue weighted by molar-refractivity contribution is 7.89. The summed E-state index contributed by atoms with van der Waals surface area (Å²) in [5, 5.41) is 0. The predicted molar refractivity (Wildman–Crippen MR) is 108 cm³/mol. The smallest absolute Gasteiger partial charge is 0.243 e. The molecule has 2 aromatic carbocycles. The molecule has 1 aliphatic heterocycles. The molecule has 1 fully saturated rings. The fourth-order valence-electron chi connectivity index (χ4n) is 3.15. The van der Waals surface area contributed by atoms with Gasteiger partial charge >= 0.3 is 0 Å². The van der Waals surface area contributed by atoms with Crippen LogP contribution in [-0.2, 0) is 10.0 Å². The van der Waals surface area contributed by atoms with Crippen LogP contribution in [0, 0.1) is 0 Å². The number of piperidine rings is 1. The largest absolute Gasteiger partial charge is 0.493 e. The van der Waals surface area contributed by atoms with Crippen molar-refractivity contribution in [1.82, 2.24) is 4.31 Å². The van der Waals surface area contributed by atoms with Crippen LogP contribution < -0.4 is 9.47 Å². The van der Waals surface area contributed by atoms with Crippen molar-refractivity contribution in [2.75, 3.05) is 27.3 Å². The van der Waals surface area contributed by atoms with E-state index in [9.17, 15) is 8.42 Å². The summed E-state index contributed by atoms with van der Waals surface area (Å²) in [5.74, 6) is 1.35. The summed E-state index contributed by atoms with van der Waals surface area (Å²) in [7, 11) is -0.176. The van der Waals surface area contributed by atoms with Crippen LogP contribution >= 0.6 is 0 Å². The number of methoxy groups -OCH3 is 2. The van der Waals surface area contributed by atoms with Crippen LogP contribution in [0.1, 0.15) is 30.4 Å². The topological polar surface area (TPSA) is 55.8 Å². The molecule has 144 valence electrons. The van der Waals surface area contributed by atoms with Crippen LogP contribution in [0.3, 0.4) is 0 Å². The van der Waals surface area contributed by atoms with Crippen LogP contribution in [0.2, 0.25) is 0 Å². The maximum Gasteiger partial charge on any atom is 0.243 e. The summed E-state index contributed by atoms with van der Waals surface area (Å²) in [4.78, 5) is 0.354. The zero-order valence-electron chi connectivity index (χ0n) is 15.7. The van der Waals surface area contributed by atoms with Crippen LogP contribution in [0.5, 0.6) is 11.5 Å². The van der Waals surface area contributed by atoms with E-state index in [1.807, 2.05) is 42.5 Å². The van der Waals surface area contributed by atoms with Gasteiger partial charge in [-0.25, -0.2) is 8.42 Å². The monoisotopic (exact) mass is 387 g/mol. The lowest BCUT2D eigenvalue weighted by molar-refractivity contribution is 0.346. The molecule has 0 unspecified atom stereocenters. The van der Waals surface area contributed by atoms with Crippen molar-refractivity contribution in [3.05, 3.63) is 53.6 Å². The van der Waals surface area contributed by atoms with Gasteiger partial charge in [-0.15, -0.1) is 0 Å². The number of hydrogen-bond acceptors (Lipinski definition) is 4. The molecule has 0 amide bonds. The number of rotatable bonds is 6. The lowest BCUT2D eigenvalue weighted by Gasteiger charge is -2.25. The molecular formula is C21H25NO4S. The van der Waals surface area contributed by atoms with Gasteiger partial charge in [-0.2, -0.15) is 4.31 Å². The number of nitrogens with zero attached hydrogens (tertiary/aromatic N) is 1. The van der Waals surface area contributed by atoms with Crippen molar-refractivity contribution >= 4 is 22.2 Å². The Bertz CT molecular complexity index is 898. The molecule has 0 atom stereocenters. The number of sulfonamides is 1. The minimum Gasteiger partial charge on any atom is -0.493 e. The van der Waals surface area contributed by atoms with Gasteiger partial charge in [0.25, 0.3) is 0 Å². The number of benzene rings is 2. The summed E-state index contributed by atoms with van der Waals surface area (Å²) in [6.45, 7) is 1.23. The molecule has 1 saturated heterocycles. The second-order valence-electron chi connectivity index (χ2n) is 6.48. The summed E-state index contributed by atoms with van der Waals surface area (Å²) < 4.78 is 37.5. The Hall–Kier alpha value is -2.31. The Morgan fingerprint density at radius 1 is 0.815 bits per heavy atom. The molecule has 0 spiro atoms. The Labute approximate surface area is 161 Å². The van der Waals surface area contributed by atoms with Crippen molar-refractivity contribution in [3.8, 4) is 11.5 Å². The van der Waals surface area contributed by atoms with Crippen molar-refractivity contribution in [2.45, 2.75) is 24.2 Å². The third-order valence-corrected chi connectivity index (χ3v) is 6.62. The van der Waals surface area contributed by atoms with Gasteiger partial charge in [0.2, 0.25) is 10.0 Å². The van der Waals surface area contributed by atoms with Crippen LogP contribution in [-0.4, -0.2) is 40.0 Å². The summed E-state index contributed by atoms with van der Waals surface area (Å²) in [6.07, 6.45) is 6.87. The van der Waals surface area contributed by atoms with Crippen LogP contribution in [0.25, 0.3) is 12.2 Å². The van der Waals surface area contributed by atoms with Crippen LogP contribution in [0.15, 0.2) is 47.4 Å². The molecule has 0 N–H and O–H groups in total. The number of hydrogen-bond donors (Lipinski definition) is 0. The third kappa shape index (κ3) is 4.51. The van der Waals surface area contributed by atoms with E-state index in [4.69, 9.17) is 9.47 Å². The molecule has 0 saturated carbocycles. The Kier molecular flexibility index (Phi) is 6.19. The van der Waals surface area contributed by atoms with Crippen LogP contribution in [0.4, 0.5) is 0 Å². The first kappa shape index (κ1) is 19.5. The van der Waals surface area contributed by atoms with E-state index < -0.39 is 10.0 Å². The van der Waals surface area contributed by atoms with E-state index in [2.05, 4.69) is 0 Å². The highest BCUT2D eigenvalue weighted by Gasteiger charge is 2.25. The molecule has 1 heterocycles.